The zero-order valence-corrected chi connectivity index (χ0v) is 13.9. The van der Waals surface area contributed by atoms with E-state index in [-0.39, 0.29) is 18.0 Å². The molecule has 0 unspecified atom stereocenters. The molecular formula is C19H22N2O3. The van der Waals surface area contributed by atoms with Crippen LogP contribution in [0.4, 0.5) is 10.5 Å². The molecule has 2 N–H and O–H groups in total. The molecule has 2 aromatic carbocycles. The molecule has 0 aromatic heterocycles. The van der Waals surface area contributed by atoms with Gasteiger partial charge >= 0.3 is 6.03 Å². The summed E-state index contributed by atoms with van der Waals surface area (Å²) in [5, 5.41) is 5.89. The Morgan fingerprint density at radius 2 is 1.71 bits per heavy atom. The quantitative estimate of drug-likeness (QED) is 0.893. The molecule has 1 aliphatic heterocycles. The molecule has 0 saturated carbocycles. The van der Waals surface area contributed by atoms with Gasteiger partial charge in [-0.2, -0.15) is 0 Å². The first-order valence-electron chi connectivity index (χ1n) is 8.15. The van der Waals surface area contributed by atoms with Gasteiger partial charge in [-0.25, -0.2) is 4.79 Å². The third-order valence-corrected chi connectivity index (χ3v) is 3.91. The molecule has 126 valence electrons. The molecule has 2 amide bonds. The van der Waals surface area contributed by atoms with Crippen LogP contribution in [0, 0.1) is 5.92 Å². The number of hydrogen-bond donors (Lipinski definition) is 2. The summed E-state index contributed by atoms with van der Waals surface area (Å²) in [5.74, 6) is 1.71. The van der Waals surface area contributed by atoms with Crippen molar-refractivity contribution in [3.8, 4) is 11.5 Å². The minimum atomic E-state index is -0.227. The van der Waals surface area contributed by atoms with E-state index in [1.165, 1.54) is 0 Å². The number of ether oxygens (including phenoxy) is 2. The molecule has 1 aliphatic rings. The average molecular weight is 326 g/mol. The van der Waals surface area contributed by atoms with Crippen molar-refractivity contribution in [1.82, 2.24) is 5.32 Å². The molecule has 24 heavy (non-hydrogen) atoms. The van der Waals surface area contributed by atoms with Crippen LogP contribution < -0.4 is 20.1 Å². The number of fused-ring (bicyclic) bond motifs is 1. The van der Waals surface area contributed by atoms with Gasteiger partial charge in [0.1, 0.15) is 13.2 Å². The topological polar surface area (TPSA) is 59.6 Å². The van der Waals surface area contributed by atoms with Crippen molar-refractivity contribution in [1.29, 1.82) is 0 Å². The van der Waals surface area contributed by atoms with Crippen LogP contribution in [-0.2, 0) is 0 Å². The lowest BCUT2D eigenvalue weighted by atomic mass is 9.95. The van der Waals surface area contributed by atoms with Crippen molar-refractivity contribution >= 4 is 11.7 Å². The van der Waals surface area contributed by atoms with Gasteiger partial charge in [0, 0.05) is 5.69 Å². The van der Waals surface area contributed by atoms with Gasteiger partial charge in [-0.15, -0.1) is 0 Å². The Morgan fingerprint density at radius 1 is 1.00 bits per heavy atom. The second-order valence-electron chi connectivity index (χ2n) is 6.09. The number of urea groups is 1. The Balaban J connectivity index is 1.74. The fourth-order valence-corrected chi connectivity index (χ4v) is 2.72. The van der Waals surface area contributed by atoms with E-state index in [9.17, 15) is 4.79 Å². The Morgan fingerprint density at radius 3 is 2.42 bits per heavy atom. The van der Waals surface area contributed by atoms with Crippen molar-refractivity contribution in [2.45, 2.75) is 19.9 Å². The van der Waals surface area contributed by atoms with E-state index in [0.717, 1.165) is 22.7 Å². The summed E-state index contributed by atoms with van der Waals surface area (Å²) in [4.78, 5) is 12.3. The average Bonchev–Trinajstić information content (AvgIpc) is 2.60. The summed E-state index contributed by atoms with van der Waals surface area (Å²) in [7, 11) is 0. The summed E-state index contributed by atoms with van der Waals surface area (Å²) in [6.45, 7) is 5.26. The first kappa shape index (κ1) is 16.2. The Labute approximate surface area is 142 Å². The van der Waals surface area contributed by atoms with Crippen molar-refractivity contribution in [3.63, 3.8) is 0 Å². The van der Waals surface area contributed by atoms with Gasteiger partial charge in [-0.05, 0) is 35.7 Å². The zero-order chi connectivity index (χ0) is 16.9. The number of carbonyl (C=O) groups is 1. The van der Waals surface area contributed by atoms with Gasteiger partial charge in [-0.1, -0.05) is 38.1 Å². The highest BCUT2D eigenvalue weighted by molar-refractivity contribution is 5.89. The van der Waals surface area contributed by atoms with E-state index >= 15 is 0 Å². The number of para-hydroxylation sites is 1. The lowest BCUT2D eigenvalue weighted by Gasteiger charge is -2.25. The van der Waals surface area contributed by atoms with E-state index in [0.29, 0.717) is 13.2 Å². The maximum atomic E-state index is 12.3. The van der Waals surface area contributed by atoms with Gasteiger partial charge in [0.2, 0.25) is 0 Å². The molecule has 0 radical (unpaired) electrons. The number of nitrogens with one attached hydrogen (secondary N) is 2. The Kier molecular flexibility index (Phi) is 4.89. The molecule has 0 bridgehead atoms. The number of hydrogen-bond acceptors (Lipinski definition) is 3. The van der Waals surface area contributed by atoms with Crippen LogP contribution in [0.3, 0.4) is 0 Å². The molecule has 0 spiro atoms. The number of anilines is 1. The van der Waals surface area contributed by atoms with Gasteiger partial charge in [0.25, 0.3) is 0 Å². The molecule has 0 saturated heterocycles. The number of benzene rings is 2. The normalized spacial score (nSPS) is 14.1. The Bertz CT molecular complexity index is 701. The van der Waals surface area contributed by atoms with E-state index in [1.807, 2.05) is 48.5 Å². The predicted molar refractivity (Wildman–Crippen MR) is 93.6 cm³/mol. The fourth-order valence-electron chi connectivity index (χ4n) is 2.72. The van der Waals surface area contributed by atoms with Gasteiger partial charge < -0.3 is 20.1 Å². The maximum Gasteiger partial charge on any atom is 0.319 e. The van der Waals surface area contributed by atoms with Crippen molar-refractivity contribution in [2.24, 2.45) is 5.92 Å². The summed E-state index contributed by atoms with van der Waals surface area (Å²) < 4.78 is 11.2. The van der Waals surface area contributed by atoms with Crippen LogP contribution in [0.25, 0.3) is 0 Å². The molecule has 0 aliphatic carbocycles. The SMILES string of the molecule is CC(C)[C@@H](NC(=O)Nc1ccccc1)c1ccc2c(c1)OCCO2. The number of amides is 2. The first-order chi connectivity index (χ1) is 11.6. The second-order valence-corrected chi connectivity index (χ2v) is 6.09. The van der Waals surface area contributed by atoms with Crippen molar-refractivity contribution < 1.29 is 14.3 Å². The monoisotopic (exact) mass is 326 g/mol. The van der Waals surface area contributed by atoms with E-state index in [2.05, 4.69) is 24.5 Å². The van der Waals surface area contributed by atoms with Crippen LogP contribution >= 0.6 is 0 Å². The molecule has 3 rings (SSSR count). The van der Waals surface area contributed by atoms with Crippen LogP contribution in [0.5, 0.6) is 11.5 Å². The highest BCUT2D eigenvalue weighted by atomic mass is 16.6. The molecule has 1 heterocycles. The molecule has 0 fully saturated rings. The summed E-state index contributed by atoms with van der Waals surface area (Å²) >= 11 is 0. The predicted octanol–water partition coefficient (Wildman–Crippen LogP) is 3.98. The van der Waals surface area contributed by atoms with Crippen LogP contribution in [0.1, 0.15) is 25.5 Å². The molecule has 2 aromatic rings. The molecular weight excluding hydrogens is 304 g/mol. The minimum Gasteiger partial charge on any atom is -0.486 e. The van der Waals surface area contributed by atoms with Gasteiger partial charge in [0.15, 0.2) is 11.5 Å². The maximum absolute atomic E-state index is 12.3. The van der Waals surface area contributed by atoms with E-state index in [4.69, 9.17) is 9.47 Å². The number of carbonyl (C=O) groups excluding carboxylic acids is 1. The third-order valence-electron chi connectivity index (χ3n) is 3.91. The highest BCUT2D eigenvalue weighted by Crippen LogP contribution is 2.34. The molecule has 5 heteroatoms. The number of rotatable bonds is 4. The third kappa shape index (κ3) is 3.79. The van der Waals surface area contributed by atoms with Crippen molar-refractivity contribution in [3.05, 3.63) is 54.1 Å². The summed E-state index contributed by atoms with van der Waals surface area (Å²) in [6.07, 6.45) is 0. The van der Waals surface area contributed by atoms with Gasteiger partial charge in [0.05, 0.1) is 6.04 Å². The second kappa shape index (κ2) is 7.25. The highest BCUT2D eigenvalue weighted by Gasteiger charge is 2.21. The smallest absolute Gasteiger partial charge is 0.319 e. The zero-order valence-electron chi connectivity index (χ0n) is 13.9. The van der Waals surface area contributed by atoms with Crippen LogP contribution in [-0.4, -0.2) is 19.2 Å². The lowest BCUT2D eigenvalue weighted by Crippen LogP contribution is -2.35. The summed E-state index contributed by atoms with van der Waals surface area (Å²) in [5.41, 5.74) is 1.76. The van der Waals surface area contributed by atoms with Gasteiger partial charge in [-0.3, -0.25) is 0 Å². The van der Waals surface area contributed by atoms with E-state index < -0.39 is 0 Å². The van der Waals surface area contributed by atoms with E-state index in [1.54, 1.807) is 0 Å². The molecule has 1 atom stereocenters. The largest absolute Gasteiger partial charge is 0.486 e. The molecule has 5 nitrogen and oxygen atoms in total. The fraction of sp³-hybridized carbons (Fsp3) is 0.316. The van der Waals surface area contributed by atoms with Crippen molar-refractivity contribution in [2.75, 3.05) is 18.5 Å². The lowest BCUT2D eigenvalue weighted by molar-refractivity contribution is 0.171. The standard InChI is InChI=1S/C19H22N2O3/c1-13(2)18(21-19(22)20-15-6-4-3-5-7-15)14-8-9-16-17(12-14)24-11-10-23-16/h3-9,12-13,18H,10-11H2,1-2H3,(H2,20,21,22)/t18-/m1/s1. The minimum absolute atomic E-state index is 0.121. The summed E-state index contributed by atoms with van der Waals surface area (Å²) in [6, 6.07) is 14.9. The van der Waals surface area contributed by atoms with Crippen LogP contribution in [0.2, 0.25) is 0 Å². The first-order valence-corrected chi connectivity index (χ1v) is 8.15. The van der Waals surface area contributed by atoms with Crippen LogP contribution in [0.15, 0.2) is 48.5 Å². The Hall–Kier alpha value is -2.69.